The molecule has 0 saturated carbocycles. The summed E-state index contributed by atoms with van der Waals surface area (Å²) in [5, 5.41) is 2.49. The minimum absolute atomic E-state index is 0.917. The van der Waals surface area contributed by atoms with Crippen LogP contribution in [0.2, 0.25) is 0 Å². The Bertz CT molecular complexity index is 465. The molecule has 0 amide bonds. The molecule has 67 valence electrons. The molecule has 14 heavy (non-hydrogen) atoms. The second kappa shape index (κ2) is 2.88. The Morgan fingerprint density at radius 1 is 1.07 bits per heavy atom. The lowest BCUT2D eigenvalue weighted by atomic mass is 10.0. The van der Waals surface area contributed by atoms with E-state index in [2.05, 4.69) is 36.6 Å². The summed E-state index contributed by atoms with van der Waals surface area (Å²) in [6.07, 6.45) is 5.61. The monoisotopic (exact) mass is 181 g/mol. The summed E-state index contributed by atoms with van der Waals surface area (Å²) in [5.74, 6) is 0.936. The Balaban J connectivity index is 2.30. The van der Waals surface area contributed by atoms with Gasteiger partial charge < -0.3 is 4.74 Å². The third-order valence-electron chi connectivity index (χ3n) is 2.50. The van der Waals surface area contributed by atoms with E-state index in [1.807, 2.05) is 12.1 Å². The Kier molecular flexibility index (Phi) is 1.57. The molecule has 0 aliphatic carbocycles. The third kappa shape index (κ3) is 1.10. The van der Waals surface area contributed by atoms with E-state index in [0.717, 1.165) is 12.2 Å². The standard InChI is InChI=1S/C13H9O/c1-2-5-11-9-13-12(6-3-7-14-13)8-10(11)4-1/h1-5,8-9H,6H2. The van der Waals surface area contributed by atoms with Crippen LogP contribution in [0.15, 0.2) is 42.5 Å². The fourth-order valence-electron chi connectivity index (χ4n) is 1.78. The fraction of sp³-hybridized carbons (Fsp3) is 0.0769. The van der Waals surface area contributed by atoms with Gasteiger partial charge in [-0.1, -0.05) is 24.3 Å². The second-order valence-electron chi connectivity index (χ2n) is 3.44. The molecule has 1 radical (unpaired) electrons. The molecule has 2 aromatic carbocycles. The van der Waals surface area contributed by atoms with Crippen molar-refractivity contribution in [3.8, 4) is 5.75 Å². The summed E-state index contributed by atoms with van der Waals surface area (Å²) in [6, 6.07) is 12.6. The van der Waals surface area contributed by atoms with Crippen LogP contribution in [-0.2, 0) is 6.42 Å². The number of benzene rings is 2. The van der Waals surface area contributed by atoms with E-state index < -0.39 is 0 Å². The highest BCUT2D eigenvalue weighted by molar-refractivity contribution is 5.85. The predicted octanol–water partition coefficient (Wildman–Crippen LogP) is 3.09. The van der Waals surface area contributed by atoms with Gasteiger partial charge >= 0.3 is 0 Å². The molecule has 1 nitrogen and oxygen atoms in total. The van der Waals surface area contributed by atoms with Crippen LogP contribution in [0.3, 0.4) is 0 Å². The molecule has 0 aromatic heterocycles. The zero-order valence-electron chi connectivity index (χ0n) is 7.66. The molecule has 1 aliphatic heterocycles. The van der Waals surface area contributed by atoms with Crippen molar-refractivity contribution in [3.05, 3.63) is 54.3 Å². The number of hydrogen-bond acceptors (Lipinski definition) is 1. The fourth-order valence-corrected chi connectivity index (χ4v) is 1.78. The van der Waals surface area contributed by atoms with Gasteiger partial charge in [0, 0.05) is 0 Å². The first-order valence-corrected chi connectivity index (χ1v) is 4.69. The molecule has 1 heteroatoms. The lowest BCUT2D eigenvalue weighted by molar-refractivity contribution is 0.437. The first kappa shape index (κ1) is 7.63. The van der Waals surface area contributed by atoms with Crippen LogP contribution in [0.1, 0.15) is 5.56 Å². The minimum atomic E-state index is 0.917. The van der Waals surface area contributed by atoms with Crippen molar-refractivity contribution in [3.63, 3.8) is 0 Å². The zero-order chi connectivity index (χ0) is 9.38. The van der Waals surface area contributed by atoms with E-state index >= 15 is 0 Å². The van der Waals surface area contributed by atoms with Gasteiger partial charge in [-0.05, 0) is 41.0 Å². The molecular weight excluding hydrogens is 172 g/mol. The molecule has 2 aromatic rings. The predicted molar refractivity (Wildman–Crippen MR) is 56.1 cm³/mol. The Labute approximate surface area is 82.6 Å². The summed E-state index contributed by atoms with van der Waals surface area (Å²) in [7, 11) is 0. The van der Waals surface area contributed by atoms with Crippen molar-refractivity contribution in [2.75, 3.05) is 0 Å². The van der Waals surface area contributed by atoms with E-state index in [4.69, 9.17) is 4.74 Å². The molecule has 1 heterocycles. The molecule has 3 rings (SSSR count). The summed E-state index contributed by atoms with van der Waals surface area (Å²) in [5.41, 5.74) is 1.24. The van der Waals surface area contributed by atoms with E-state index in [1.54, 1.807) is 0 Å². The molecule has 0 spiro atoms. The lowest BCUT2D eigenvalue weighted by Crippen LogP contribution is -1.96. The van der Waals surface area contributed by atoms with Crippen LogP contribution >= 0.6 is 0 Å². The molecule has 0 fully saturated rings. The highest BCUT2D eigenvalue weighted by Crippen LogP contribution is 2.28. The van der Waals surface area contributed by atoms with Gasteiger partial charge in [0.25, 0.3) is 0 Å². The molecule has 0 N–H and O–H groups in total. The highest BCUT2D eigenvalue weighted by Gasteiger charge is 2.07. The van der Waals surface area contributed by atoms with E-state index in [9.17, 15) is 0 Å². The van der Waals surface area contributed by atoms with Gasteiger partial charge in [0.15, 0.2) is 6.26 Å². The maximum atomic E-state index is 5.33. The van der Waals surface area contributed by atoms with Crippen molar-refractivity contribution in [2.45, 2.75) is 6.42 Å². The van der Waals surface area contributed by atoms with Crippen LogP contribution in [0, 0.1) is 6.26 Å². The summed E-state index contributed by atoms with van der Waals surface area (Å²) in [6.45, 7) is 0. The minimum Gasteiger partial charge on any atom is -0.453 e. The maximum absolute atomic E-state index is 5.33. The Hall–Kier alpha value is -1.76. The van der Waals surface area contributed by atoms with Crippen LogP contribution in [-0.4, -0.2) is 0 Å². The number of ether oxygens (including phenoxy) is 1. The average Bonchev–Trinajstić information content (AvgIpc) is 2.26. The number of hydrogen-bond donors (Lipinski definition) is 0. The van der Waals surface area contributed by atoms with Crippen molar-refractivity contribution >= 4 is 10.8 Å². The lowest BCUT2D eigenvalue weighted by Gasteiger charge is -2.11. The van der Waals surface area contributed by atoms with Crippen molar-refractivity contribution in [1.29, 1.82) is 0 Å². The van der Waals surface area contributed by atoms with Crippen molar-refractivity contribution in [1.82, 2.24) is 0 Å². The van der Waals surface area contributed by atoms with Crippen LogP contribution < -0.4 is 4.74 Å². The van der Waals surface area contributed by atoms with Gasteiger partial charge in [-0.2, -0.15) is 0 Å². The normalized spacial score (nSPS) is 13.7. The first-order valence-electron chi connectivity index (χ1n) is 4.69. The Morgan fingerprint density at radius 3 is 2.71 bits per heavy atom. The smallest absolute Gasteiger partial charge is 0.165 e. The quantitative estimate of drug-likeness (QED) is 0.606. The molecule has 0 atom stereocenters. The van der Waals surface area contributed by atoms with Gasteiger partial charge in [0.1, 0.15) is 5.75 Å². The van der Waals surface area contributed by atoms with Gasteiger partial charge in [0.05, 0.1) is 0 Å². The average molecular weight is 181 g/mol. The van der Waals surface area contributed by atoms with E-state index in [1.165, 1.54) is 16.3 Å². The van der Waals surface area contributed by atoms with E-state index in [0.29, 0.717) is 0 Å². The SMILES string of the molecule is [C]1=CCc2cc3ccccc3cc2O1. The first-order chi connectivity index (χ1) is 6.93. The molecular formula is C13H9O. The molecule has 0 unspecified atom stereocenters. The largest absolute Gasteiger partial charge is 0.453 e. The highest BCUT2D eigenvalue weighted by atomic mass is 16.5. The molecule has 0 bridgehead atoms. The molecule has 0 saturated heterocycles. The summed E-state index contributed by atoms with van der Waals surface area (Å²) >= 11 is 0. The second-order valence-corrected chi connectivity index (χ2v) is 3.44. The topological polar surface area (TPSA) is 9.23 Å². The van der Waals surface area contributed by atoms with Crippen molar-refractivity contribution in [2.24, 2.45) is 0 Å². The van der Waals surface area contributed by atoms with Gasteiger partial charge in [0.2, 0.25) is 0 Å². The van der Waals surface area contributed by atoms with Gasteiger partial charge in [-0.25, -0.2) is 0 Å². The van der Waals surface area contributed by atoms with Gasteiger partial charge in [-0.3, -0.25) is 0 Å². The van der Waals surface area contributed by atoms with Gasteiger partial charge in [-0.15, -0.1) is 0 Å². The van der Waals surface area contributed by atoms with Crippen molar-refractivity contribution < 1.29 is 4.74 Å². The number of rotatable bonds is 0. The summed E-state index contributed by atoms with van der Waals surface area (Å²) in [4.78, 5) is 0. The number of fused-ring (bicyclic) bond motifs is 2. The number of allylic oxidation sites excluding steroid dienone is 1. The van der Waals surface area contributed by atoms with Crippen LogP contribution in [0.5, 0.6) is 5.75 Å². The maximum Gasteiger partial charge on any atom is 0.165 e. The van der Waals surface area contributed by atoms with Crippen LogP contribution in [0.4, 0.5) is 0 Å². The third-order valence-corrected chi connectivity index (χ3v) is 2.50. The van der Waals surface area contributed by atoms with E-state index in [-0.39, 0.29) is 0 Å². The van der Waals surface area contributed by atoms with Crippen LogP contribution in [0.25, 0.3) is 10.8 Å². The summed E-state index contributed by atoms with van der Waals surface area (Å²) < 4.78 is 5.33. The Morgan fingerprint density at radius 2 is 1.86 bits per heavy atom. The molecule has 1 aliphatic rings. The zero-order valence-corrected chi connectivity index (χ0v) is 7.66.